The minimum Gasteiger partial charge on any atom is -0.340 e. The minimum atomic E-state index is -0.409. The number of tetrazole rings is 1. The zero-order valence-electron chi connectivity index (χ0n) is 18.1. The van der Waals surface area contributed by atoms with Crippen LogP contribution in [0.2, 0.25) is 0 Å². The van der Waals surface area contributed by atoms with E-state index in [0.29, 0.717) is 11.7 Å². The lowest BCUT2D eigenvalue weighted by atomic mass is 10.1. The number of amides is 1. The van der Waals surface area contributed by atoms with Gasteiger partial charge < -0.3 is 9.88 Å². The lowest BCUT2D eigenvalue weighted by Crippen LogP contribution is -2.33. The summed E-state index contributed by atoms with van der Waals surface area (Å²) >= 11 is 1.30. The van der Waals surface area contributed by atoms with Crippen molar-refractivity contribution in [3.05, 3.63) is 76.1 Å². The SMILES string of the molecule is CCc1ccc(-n2nnnc2SC(C)C(=O)N(C)Cc2cc(=O)[nH]c3ccccc23)cc1. The quantitative estimate of drug-likeness (QED) is 0.436. The van der Waals surface area contributed by atoms with Crippen LogP contribution in [-0.2, 0) is 17.8 Å². The van der Waals surface area contributed by atoms with Crippen molar-refractivity contribution < 1.29 is 4.79 Å². The molecule has 0 saturated carbocycles. The molecule has 1 N–H and O–H groups in total. The van der Waals surface area contributed by atoms with Gasteiger partial charge in [0.25, 0.3) is 0 Å². The molecule has 2 aromatic carbocycles. The lowest BCUT2D eigenvalue weighted by molar-refractivity contribution is -0.129. The zero-order valence-corrected chi connectivity index (χ0v) is 19.0. The number of carbonyl (C=O) groups is 1. The van der Waals surface area contributed by atoms with E-state index in [-0.39, 0.29) is 11.5 Å². The summed E-state index contributed by atoms with van der Waals surface area (Å²) in [7, 11) is 1.74. The van der Waals surface area contributed by atoms with Crippen molar-refractivity contribution in [2.45, 2.75) is 37.2 Å². The van der Waals surface area contributed by atoms with Gasteiger partial charge >= 0.3 is 0 Å². The monoisotopic (exact) mass is 448 g/mol. The average Bonchev–Trinajstić information content (AvgIpc) is 3.26. The van der Waals surface area contributed by atoms with Crippen molar-refractivity contribution in [3.63, 3.8) is 0 Å². The van der Waals surface area contributed by atoms with Crippen LogP contribution < -0.4 is 5.56 Å². The smallest absolute Gasteiger partial charge is 0.248 e. The maximum absolute atomic E-state index is 13.1. The summed E-state index contributed by atoms with van der Waals surface area (Å²) in [6.07, 6.45) is 0.956. The standard InChI is InChI=1S/C23H24N6O2S/c1-4-16-9-11-18(12-10-16)29-23(25-26-27-29)32-15(2)22(31)28(3)14-17-13-21(30)24-20-8-6-5-7-19(17)20/h5-13,15H,4,14H2,1-3H3,(H,24,30). The van der Waals surface area contributed by atoms with Gasteiger partial charge in [-0.2, -0.15) is 4.68 Å². The molecule has 0 aliphatic carbocycles. The number of rotatable bonds is 7. The second kappa shape index (κ2) is 9.35. The van der Waals surface area contributed by atoms with Gasteiger partial charge in [0, 0.05) is 30.6 Å². The van der Waals surface area contributed by atoms with E-state index >= 15 is 0 Å². The Morgan fingerprint density at radius 1 is 1.19 bits per heavy atom. The average molecular weight is 449 g/mol. The van der Waals surface area contributed by atoms with Crippen LogP contribution in [0, 0.1) is 0 Å². The van der Waals surface area contributed by atoms with Crippen molar-refractivity contribution in [1.82, 2.24) is 30.1 Å². The number of H-pyrrole nitrogens is 1. The normalized spacial score (nSPS) is 12.1. The number of benzene rings is 2. The van der Waals surface area contributed by atoms with Gasteiger partial charge in [-0.1, -0.05) is 49.0 Å². The van der Waals surface area contributed by atoms with E-state index in [4.69, 9.17) is 0 Å². The molecule has 9 heteroatoms. The van der Waals surface area contributed by atoms with Crippen molar-refractivity contribution in [2.75, 3.05) is 7.05 Å². The molecule has 2 heterocycles. The van der Waals surface area contributed by atoms with Crippen LogP contribution in [0.5, 0.6) is 0 Å². The van der Waals surface area contributed by atoms with Gasteiger partial charge in [-0.25, -0.2) is 0 Å². The molecule has 164 valence electrons. The summed E-state index contributed by atoms with van der Waals surface area (Å²) in [5, 5.41) is 13.0. The number of nitrogens with zero attached hydrogens (tertiary/aromatic N) is 5. The molecular formula is C23H24N6O2S. The van der Waals surface area contributed by atoms with Gasteiger partial charge in [-0.15, -0.1) is 5.10 Å². The number of nitrogens with one attached hydrogen (secondary N) is 1. The van der Waals surface area contributed by atoms with Crippen LogP contribution in [0.15, 0.2) is 64.5 Å². The first-order valence-electron chi connectivity index (χ1n) is 10.4. The zero-order chi connectivity index (χ0) is 22.7. The Hall–Kier alpha value is -3.46. The van der Waals surface area contributed by atoms with Gasteiger partial charge in [0.15, 0.2) is 0 Å². The number of aryl methyl sites for hydroxylation is 1. The largest absolute Gasteiger partial charge is 0.340 e. The fraction of sp³-hybridized carbons (Fsp3) is 0.261. The number of para-hydroxylation sites is 1. The van der Waals surface area contributed by atoms with E-state index in [2.05, 4.69) is 27.4 Å². The molecule has 32 heavy (non-hydrogen) atoms. The Balaban J connectivity index is 1.49. The van der Waals surface area contributed by atoms with E-state index < -0.39 is 5.25 Å². The molecule has 8 nitrogen and oxygen atoms in total. The van der Waals surface area contributed by atoms with E-state index in [1.54, 1.807) is 22.7 Å². The van der Waals surface area contributed by atoms with Crippen LogP contribution in [0.3, 0.4) is 0 Å². The van der Waals surface area contributed by atoms with Gasteiger partial charge in [0.1, 0.15) is 0 Å². The van der Waals surface area contributed by atoms with E-state index in [1.165, 1.54) is 17.3 Å². The minimum absolute atomic E-state index is 0.0738. The Labute approximate surface area is 189 Å². The summed E-state index contributed by atoms with van der Waals surface area (Å²) in [6.45, 7) is 4.27. The molecule has 4 rings (SSSR count). The Bertz CT molecular complexity index is 1300. The van der Waals surface area contributed by atoms with Crippen molar-refractivity contribution in [3.8, 4) is 5.69 Å². The number of carbonyl (C=O) groups excluding carboxylic acids is 1. The van der Waals surface area contributed by atoms with E-state index in [1.807, 2.05) is 55.5 Å². The first kappa shape index (κ1) is 21.8. The summed E-state index contributed by atoms with van der Waals surface area (Å²) in [5.74, 6) is -0.0738. The summed E-state index contributed by atoms with van der Waals surface area (Å²) < 4.78 is 1.64. The molecule has 2 aromatic heterocycles. The van der Waals surface area contributed by atoms with Crippen LogP contribution in [0.25, 0.3) is 16.6 Å². The number of hydrogen-bond donors (Lipinski definition) is 1. The molecule has 0 aliphatic rings. The predicted molar refractivity (Wildman–Crippen MR) is 125 cm³/mol. The highest BCUT2D eigenvalue weighted by Crippen LogP contribution is 2.25. The number of aromatic amines is 1. The van der Waals surface area contributed by atoms with Crippen molar-refractivity contribution >= 4 is 28.6 Å². The van der Waals surface area contributed by atoms with Gasteiger partial charge in [-0.05, 0) is 53.1 Å². The molecule has 0 fully saturated rings. The van der Waals surface area contributed by atoms with Crippen LogP contribution in [0.4, 0.5) is 0 Å². The summed E-state index contributed by atoms with van der Waals surface area (Å²) in [4.78, 5) is 29.5. The third-order valence-electron chi connectivity index (χ3n) is 5.28. The number of thioether (sulfide) groups is 1. The maximum atomic E-state index is 13.1. The highest BCUT2D eigenvalue weighted by Gasteiger charge is 2.23. The number of pyridine rings is 1. The first-order chi connectivity index (χ1) is 15.5. The molecule has 1 atom stereocenters. The topological polar surface area (TPSA) is 96.8 Å². The summed E-state index contributed by atoms with van der Waals surface area (Å²) in [5.41, 5.74) is 3.45. The van der Waals surface area contributed by atoms with Gasteiger partial charge in [0.2, 0.25) is 16.6 Å². The second-order valence-electron chi connectivity index (χ2n) is 7.55. The number of fused-ring (bicyclic) bond motifs is 1. The van der Waals surface area contributed by atoms with Crippen LogP contribution >= 0.6 is 11.8 Å². The molecule has 0 saturated heterocycles. The van der Waals surface area contributed by atoms with Crippen molar-refractivity contribution in [2.24, 2.45) is 0 Å². The third kappa shape index (κ3) is 4.57. The molecule has 0 aliphatic heterocycles. The fourth-order valence-electron chi connectivity index (χ4n) is 3.55. The van der Waals surface area contributed by atoms with Crippen LogP contribution in [-0.4, -0.2) is 48.3 Å². The predicted octanol–water partition coefficient (Wildman–Crippen LogP) is 3.21. The maximum Gasteiger partial charge on any atom is 0.248 e. The van der Waals surface area contributed by atoms with Crippen LogP contribution in [0.1, 0.15) is 25.0 Å². The molecule has 0 spiro atoms. The molecule has 4 aromatic rings. The Morgan fingerprint density at radius 2 is 1.94 bits per heavy atom. The highest BCUT2D eigenvalue weighted by molar-refractivity contribution is 8.00. The van der Waals surface area contributed by atoms with E-state index in [9.17, 15) is 9.59 Å². The lowest BCUT2D eigenvalue weighted by Gasteiger charge is -2.21. The molecule has 1 amide bonds. The van der Waals surface area contributed by atoms with E-state index in [0.717, 1.165) is 28.6 Å². The molecule has 0 bridgehead atoms. The van der Waals surface area contributed by atoms with Gasteiger partial charge in [0.05, 0.1) is 10.9 Å². The summed E-state index contributed by atoms with van der Waals surface area (Å²) in [6, 6.07) is 17.1. The number of aromatic nitrogens is 5. The third-order valence-corrected chi connectivity index (χ3v) is 6.30. The highest BCUT2D eigenvalue weighted by atomic mass is 32.2. The molecule has 1 unspecified atom stereocenters. The fourth-order valence-corrected chi connectivity index (χ4v) is 4.47. The molecular weight excluding hydrogens is 424 g/mol. The number of hydrogen-bond acceptors (Lipinski definition) is 6. The van der Waals surface area contributed by atoms with Crippen molar-refractivity contribution in [1.29, 1.82) is 0 Å². The van der Waals surface area contributed by atoms with Gasteiger partial charge in [-0.3, -0.25) is 9.59 Å². The second-order valence-corrected chi connectivity index (χ2v) is 8.86. The first-order valence-corrected chi connectivity index (χ1v) is 11.2. The molecule has 0 radical (unpaired) electrons. The Morgan fingerprint density at radius 3 is 2.69 bits per heavy atom. The Kier molecular flexibility index (Phi) is 6.36.